The van der Waals surface area contributed by atoms with Gasteiger partial charge in [0.25, 0.3) is 0 Å². The van der Waals surface area contributed by atoms with E-state index in [0.29, 0.717) is 12.0 Å². The number of aromatic nitrogens is 1. The van der Waals surface area contributed by atoms with Crippen molar-refractivity contribution in [2.24, 2.45) is 5.92 Å². The van der Waals surface area contributed by atoms with Crippen LogP contribution in [0.25, 0.3) is 0 Å². The summed E-state index contributed by atoms with van der Waals surface area (Å²) in [6, 6.07) is 6.27. The number of hydrazine groups is 1. The smallest absolute Gasteiger partial charge is 0.241 e. The van der Waals surface area contributed by atoms with Crippen molar-refractivity contribution in [3.8, 4) is 0 Å². The number of hydrogen-bond acceptors (Lipinski definition) is 5. The van der Waals surface area contributed by atoms with Gasteiger partial charge in [0.1, 0.15) is 11.9 Å². The van der Waals surface area contributed by atoms with Crippen LogP contribution < -0.4 is 15.8 Å². The van der Waals surface area contributed by atoms with Crippen molar-refractivity contribution in [1.82, 2.24) is 20.7 Å². The van der Waals surface area contributed by atoms with E-state index in [2.05, 4.69) is 26.8 Å². The summed E-state index contributed by atoms with van der Waals surface area (Å²) in [6.45, 7) is 3.71. The highest BCUT2D eigenvalue weighted by Crippen LogP contribution is 2.28. The molecule has 22 heavy (non-hydrogen) atoms. The number of nitrogens with one attached hydrogen (secondary N) is 2. The Hall–Kier alpha value is -1.66. The van der Waals surface area contributed by atoms with E-state index < -0.39 is 0 Å². The third-order valence-electron chi connectivity index (χ3n) is 5.18. The SMILES string of the molecule is O=C(C1NNC2CN(c3ccccn3)CCC21)N1CCCC1. The summed E-state index contributed by atoms with van der Waals surface area (Å²) in [5.41, 5.74) is 6.60. The number of piperidine rings is 1. The van der Waals surface area contributed by atoms with Crippen LogP contribution in [0.2, 0.25) is 0 Å². The second-order valence-corrected chi connectivity index (χ2v) is 6.49. The molecular formula is C16H23N5O. The average molecular weight is 301 g/mol. The van der Waals surface area contributed by atoms with Crippen molar-refractivity contribution in [2.45, 2.75) is 31.3 Å². The van der Waals surface area contributed by atoms with Gasteiger partial charge in [-0.25, -0.2) is 10.4 Å². The summed E-state index contributed by atoms with van der Waals surface area (Å²) < 4.78 is 0. The van der Waals surface area contributed by atoms with E-state index in [0.717, 1.165) is 51.3 Å². The van der Waals surface area contributed by atoms with Crippen molar-refractivity contribution in [1.29, 1.82) is 0 Å². The van der Waals surface area contributed by atoms with Gasteiger partial charge >= 0.3 is 0 Å². The third kappa shape index (κ3) is 2.46. The molecule has 2 N–H and O–H groups in total. The molecule has 0 bridgehead atoms. The molecule has 4 heterocycles. The summed E-state index contributed by atoms with van der Waals surface area (Å²) in [5.74, 6) is 1.69. The maximum atomic E-state index is 12.7. The van der Waals surface area contributed by atoms with Gasteiger partial charge in [0.2, 0.25) is 5.91 Å². The van der Waals surface area contributed by atoms with Crippen LogP contribution in [0.15, 0.2) is 24.4 Å². The highest BCUT2D eigenvalue weighted by Gasteiger charge is 2.44. The lowest BCUT2D eigenvalue weighted by atomic mass is 9.87. The summed E-state index contributed by atoms with van der Waals surface area (Å²) in [6.07, 6.45) is 5.15. The first kappa shape index (κ1) is 14.0. The normalized spacial score (nSPS) is 31.4. The molecule has 6 nitrogen and oxygen atoms in total. The second kappa shape index (κ2) is 5.85. The molecule has 0 aromatic carbocycles. The van der Waals surface area contributed by atoms with Crippen molar-refractivity contribution < 1.29 is 4.79 Å². The molecule has 0 spiro atoms. The van der Waals surface area contributed by atoms with Crippen LogP contribution in [0, 0.1) is 5.92 Å². The molecule has 1 aromatic heterocycles. The van der Waals surface area contributed by atoms with Crippen LogP contribution in [0.5, 0.6) is 0 Å². The fourth-order valence-corrected chi connectivity index (χ4v) is 3.95. The zero-order valence-electron chi connectivity index (χ0n) is 12.7. The zero-order chi connectivity index (χ0) is 14.9. The van der Waals surface area contributed by atoms with Crippen molar-refractivity contribution in [2.75, 3.05) is 31.1 Å². The molecule has 3 aliphatic heterocycles. The maximum absolute atomic E-state index is 12.7. The Morgan fingerprint density at radius 2 is 2.05 bits per heavy atom. The van der Waals surface area contributed by atoms with E-state index in [1.54, 1.807) is 0 Å². The number of amides is 1. The lowest BCUT2D eigenvalue weighted by molar-refractivity contribution is -0.133. The zero-order valence-corrected chi connectivity index (χ0v) is 12.7. The predicted octanol–water partition coefficient (Wildman–Crippen LogP) is 0.375. The Morgan fingerprint density at radius 1 is 1.18 bits per heavy atom. The highest BCUT2D eigenvalue weighted by atomic mass is 16.2. The van der Waals surface area contributed by atoms with E-state index in [4.69, 9.17) is 0 Å². The number of nitrogens with zero attached hydrogens (tertiary/aromatic N) is 3. The number of anilines is 1. The van der Waals surface area contributed by atoms with Crippen LogP contribution in [0.3, 0.4) is 0 Å². The lowest BCUT2D eigenvalue weighted by Crippen LogP contribution is -2.50. The summed E-state index contributed by atoms with van der Waals surface area (Å²) >= 11 is 0. The predicted molar refractivity (Wildman–Crippen MR) is 84.2 cm³/mol. The van der Waals surface area contributed by atoms with E-state index >= 15 is 0 Å². The van der Waals surface area contributed by atoms with Crippen molar-refractivity contribution in [3.63, 3.8) is 0 Å². The molecular weight excluding hydrogens is 278 g/mol. The number of pyridine rings is 1. The van der Waals surface area contributed by atoms with Gasteiger partial charge in [-0.15, -0.1) is 0 Å². The molecule has 1 amide bonds. The highest BCUT2D eigenvalue weighted by molar-refractivity contribution is 5.83. The van der Waals surface area contributed by atoms with Gasteiger partial charge in [-0.1, -0.05) is 6.07 Å². The minimum atomic E-state index is -0.0611. The molecule has 0 radical (unpaired) electrons. The van der Waals surface area contributed by atoms with Crippen molar-refractivity contribution in [3.05, 3.63) is 24.4 Å². The van der Waals surface area contributed by atoms with Gasteiger partial charge in [0.15, 0.2) is 0 Å². The summed E-state index contributed by atoms with van der Waals surface area (Å²) in [4.78, 5) is 21.4. The molecule has 3 saturated heterocycles. The number of rotatable bonds is 2. The molecule has 6 heteroatoms. The average Bonchev–Trinajstić information content (AvgIpc) is 3.24. The Labute approximate surface area is 130 Å². The minimum absolute atomic E-state index is 0.0611. The van der Waals surface area contributed by atoms with Gasteiger partial charge in [-0.3, -0.25) is 10.2 Å². The van der Waals surface area contributed by atoms with Crippen LogP contribution in [0.4, 0.5) is 5.82 Å². The Bertz CT molecular complexity index is 531. The molecule has 118 valence electrons. The molecule has 3 fully saturated rings. The summed E-state index contributed by atoms with van der Waals surface area (Å²) in [7, 11) is 0. The fraction of sp³-hybridized carbons (Fsp3) is 0.625. The van der Waals surface area contributed by atoms with Crippen LogP contribution >= 0.6 is 0 Å². The number of carbonyl (C=O) groups excluding carboxylic acids is 1. The maximum Gasteiger partial charge on any atom is 0.241 e. The van der Waals surface area contributed by atoms with Gasteiger partial charge in [0, 0.05) is 44.3 Å². The summed E-state index contributed by atoms with van der Waals surface area (Å²) in [5, 5.41) is 0. The van der Waals surface area contributed by atoms with E-state index in [9.17, 15) is 4.79 Å². The van der Waals surface area contributed by atoms with Gasteiger partial charge in [-0.05, 0) is 31.4 Å². The number of carbonyl (C=O) groups is 1. The lowest BCUT2D eigenvalue weighted by Gasteiger charge is -2.36. The number of fused-ring (bicyclic) bond motifs is 1. The first-order valence-electron chi connectivity index (χ1n) is 8.29. The van der Waals surface area contributed by atoms with Gasteiger partial charge < -0.3 is 9.80 Å². The van der Waals surface area contributed by atoms with Gasteiger partial charge in [-0.2, -0.15) is 0 Å². The van der Waals surface area contributed by atoms with E-state index in [1.165, 1.54) is 0 Å². The number of hydrogen-bond donors (Lipinski definition) is 2. The number of likely N-dealkylation sites (tertiary alicyclic amines) is 1. The molecule has 1 aromatic rings. The molecule has 3 unspecified atom stereocenters. The Balaban J connectivity index is 1.43. The molecule has 3 aliphatic rings. The topological polar surface area (TPSA) is 60.5 Å². The molecule has 0 aliphatic carbocycles. The third-order valence-corrected chi connectivity index (χ3v) is 5.18. The van der Waals surface area contributed by atoms with Gasteiger partial charge in [0.05, 0.1) is 0 Å². The van der Waals surface area contributed by atoms with Crippen LogP contribution in [-0.2, 0) is 4.79 Å². The van der Waals surface area contributed by atoms with E-state index in [-0.39, 0.29) is 11.9 Å². The van der Waals surface area contributed by atoms with Crippen molar-refractivity contribution >= 4 is 11.7 Å². The quantitative estimate of drug-likeness (QED) is 0.827. The first-order valence-corrected chi connectivity index (χ1v) is 8.29. The standard InChI is InChI=1S/C16H23N5O/c22-16(20-8-3-4-9-20)15-12-6-10-21(11-13(12)18-19-15)14-5-1-2-7-17-14/h1-2,5,7,12-13,15,18-19H,3-4,6,8-11H2. The fourth-order valence-electron chi connectivity index (χ4n) is 3.95. The molecule has 4 rings (SSSR count). The largest absolute Gasteiger partial charge is 0.355 e. The molecule has 3 atom stereocenters. The van der Waals surface area contributed by atoms with Crippen LogP contribution in [0.1, 0.15) is 19.3 Å². The minimum Gasteiger partial charge on any atom is -0.355 e. The van der Waals surface area contributed by atoms with E-state index in [1.807, 2.05) is 23.2 Å². The Kier molecular flexibility index (Phi) is 3.72. The monoisotopic (exact) mass is 301 g/mol. The molecule has 0 saturated carbocycles. The van der Waals surface area contributed by atoms with Crippen LogP contribution in [-0.4, -0.2) is 54.1 Å². The Morgan fingerprint density at radius 3 is 2.82 bits per heavy atom. The second-order valence-electron chi connectivity index (χ2n) is 6.49. The first-order chi connectivity index (χ1) is 10.8.